The van der Waals surface area contributed by atoms with Crippen LogP contribution in [0.15, 0.2) is 29.2 Å². The molecule has 2 nitrogen and oxygen atoms in total. The Labute approximate surface area is 100 Å². The van der Waals surface area contributed by atoms with Gasteiger partial charge >= 0.3 is 0 Å². The molecule has 0 heterocycles. The summed E-state index contributed by atoms with van der Waals surface area (Å²) >= 11 is 0. The molecule has 1 aromatic rings. The van der Waals surface area contributed by atoms with E-state index in [1.165, 1.54) is 5.56 Å². The third-order valence-corrected chi connectivity index (χ3v) is 4.24. The molecule has 0 saturated carbocycles. The maximum Gasteiger partial charge on any atom is 0.0626 e. The van der Waals surface area contributed by atoms with Crippen LogP contribution in [0.25, 0.3) is 0 Å². The highest BCUT2D eigenvalue weighted by Crippen LogP contribution is 2.16. The van der Waals surface area contributed by atoms with Crippen molar-refractivity contribution in [2.75, 3.05) is 5.75 Å². The van der Waals surface area contributed by atoms with Gasteiger partial charge < -0.3 is 5.11 Å². The smallest absolute Gasteiger partial charge is 0.0626 e. The molecule has 0 aliphatic rings. The molecule has 0 fully saturated rings. The van der Waals surface area contributed by atoms with Gasteiger partial charge in [0, 0.05) is 10.6 Å². The van der Waals surface area contributed by atoms with Crippen molar-refractivity contribution in [3.8, 4) is 0 Å². The van der Waals surface area contributed by atoms with Gasteiger partial charge in [0.15, 0.2) is 0 Å². The van der Waals surface area contributed by atoms with E-state index in [4.69, 9.17) is 0 Å². The molecule has 2 atom stereocenters. The molecule has 0 aromatic heterocycles. The number of hydrogen-bond acceptors (Lipinski definition) is 2. The maximum absolute atomic E-state index is 11.9. The fourth-order valence-electron chi connectivity index (χ4n) is 1.30. The number of aliphatic hydroxyl groups is 1. The SMILES string of the molecule is CCC(C)(O)CCS(=O)c1ccc(C)cc1. The van der Waals surface area contributed by atoms with E-state index in [1.54, 1.807) is 6.92 Å². The number of benzene rings is 1. The van der Waals surface area contributed by atoms with Crippen LogP contribution in [0, 0.1) is 6.92 Å². The van der Waals surface area contributed by atoms with Crippen molar-refractivity contribution in [2.45, 2.75) is 44.1 Å². The van der Waals surface area contributed by atoms with E-state index >= 15 is 0 Å². The first kappa shape index (κ1) is 13.4. The van der Waals surface area contributed by atoms with Crippen LogP contribution < -0.4 is 0 Å². The molecule has 0 bridgehead atoms. The molecule has 1 aromatic carbocycles. The Bertz CT molecular complexity index is 355. The van der Waals surface area contributed by atoms with E-state index in [2.05, 4.69) is 0 Å². The summed E-state index contributed by atoms with van der Waals surface area (Å²) in [6.07, 6.45) is 1.27. The van der Waals surface area contributed by atoms with Gasteiger partial charge in [0.25, 0.3) is 0 Å². The highest BCUT2D eigenvalue weighted by molar-refractivity contribution is 7.85. The lowest BCUT2D eigenvalue weighted by molar-refractivity contribution is 0.0531. The van der Waals surface area contributed by atoms with Crippen LogP contribution in [-0.4, -0.2) is 20.7 Å². The molecular weight excluding hydrogens is 220 g/mol. The minimum Gasteiger partial charge on any atom is -0.390 e. The van der Waals surface area contributed by atoms with Crippen LogP contribution >= 0.6 is 0 Å². The molecule has 1 rings (SSSR count). The topological polar surface area (TPSA) is 37.3 Å². The zero-order valence-corrected chi connectivity index (χ0v) is 11.0. The second kappa shape index (κ2) is 5.60. The quantitative estimate of drug-likeness (QED) is 0.859. The van der Waals surface area contributed by atoms with Gasteiger partial charge in [-0.2, -0.15) is 0 Å². The van der Waals surface area contributed by atoms with Crippen LogP contribution in [0.2, 0.25) is 0 Å². The molecule has 1 N–H and O–H groups in total. The molecule has 16 heavy (non-hydrogen) atoms. The van der Waals surface area contributed by atoms with Crippen molar-refractivity contribution in [2.24, 2.45) is 0 Å². The average Bonchev–Trinajstić information content (AvgIpc) is 2.27. The maximum atomic E-state index is 11.9. The standard InChI is InChI=1S/C13H20O2S/c1-4-13(3,14)9-10-16(15)12-7-5-11(2)6-8-12/h5-8,14H,4,9-10H2,1-3H3. The zero-order valence-electron chi connectivity index (χ0n) is 10.2. The Balaban J connectivity index is 2.56. The fourth-order valence-corrected chi connectivity index (χ4v) is 2.60. The van der Waals surface area contributed by atoms with E-state index in [9.17, 15) is 9.32 Å². The minimum absolute atomic E-state index is 0.518. The Kier molecular flexibility index (Phi) is 4.69. The van der Waals surface area contributed by atoms with Crippen molar-refractivity contribution in [1.82, 2.24) is 0 Å². The Morgan fingerprint density at radius 2 is 1.88 bits per heavy atom. The molecule has 3 heteroatoms. The van der Waals surface area contributed by atoms with Gasteiger partial charge in [0.2, 0.25) is 0 Å². The van der Waals surface area contributed by atoms with E-state index < -0.39 is 16.4 Å². The molecule has 0 saturated heterocycles. The Morgan fingerprint density at radius 3 is 2.38 bits per heavy atom. The summed E-state index contributed by atoms with van der Waals surface area (Å²) in [5.41, 5.74) is 0.474. The third-order valence-electron chi connectivity index (χ3n) is 2.87. The lowest BCUT2D eigenvalue weighted by atomic mass is 10.0. The van der Waals surface area contributed by atoms with Crippen LogP contribution in [0.1, 0.15) is 32.3 Å². The average molecular weight is 240 g/mol. The number of aryl methyl sites for hydroxylation is 1. The van der Waals surface area contributed by atoms with Crippen molar-refractivity contribution in [3.63, 3.8) is 0 Å². The molecule has 0 radical (unpaired) electrons. The molecule has 0 spiro atoms. The van der Waals surface area contributed by atoms with E-state index in [-0.39, 0.29) is 0 Å². The highest BCUT2D eigenvalue weighted by atomic mass is 32.2. The first-order valence-electron chi connectivity index (χ1n) is 5.62. The largest absolute Gasteiger partial charge is 0.390 e. The summed E-state index contributed by atoms with van der Waals surface area (Å²) in [7, 11) is -1.000. The van der Waals surface area contributed by atoms with E-state index in [0.717, 1.165) is 4.90 Å². The molecule has 0 aliphatic carbocycles. The molecule has 90 valence electrons. The lowest BCUT2D eigenvalue weighted by Crippen LogP contribution is -2.25. The van der Waals surface area contributed by atoms with Gasteiger partial charge in [0.1, 0.15) is 0 Å². The first-order valence-corrected chi connectivity index (χ1v) is 6.94. The molecular formula is C13H20O2S. The second-order valence-electron chi connectivity index (χ2n) is 4.46. The molecule has 0 aliphatic heterocycles. The second-order valence-corrected chi connectivity index (χ2v) is 6.03. The normalized spacial score (nSPS) is 16.8. The predicted molar refractivity (Wildman–Crippen MR) is 68.0 cm³/mol. The monoisotopic (exact) mass is 240 g/mol. The van der Waals surface area contributed by atoms with Gasteiger partial charge in [-0.3, -0.25) is 4.21 Å². The minimum atomic E-state index is -1.000. The predicted octanol–water partition coefficient (Wildman–Crippen LogP) is 2.65. The summed E-state index contributed by atoms with van der Waals surface area (Å²) < 4.78 is 11.9. The van der Waals surface area contributed by atoms with Crippen LogP contribution in [0.5, 0.6) is 0 Å². The van der Waals surface area contributed by atoms with Crippen LogP contribution in [0.4, 0.5) is 0 Å². The number of hydrogen-bond donors (Lipinski definition) is 1. The number of rotatable bonds is 5. The zero-order chi connectivity index (χ0) is 12.2. The van der Waals surface area contributed by atoms with Crippen LogP contribution in [0.3, 0.4) is 0 Å². The highest BCUT2D eigenvalue weighted by Gasteiger charge is 2.18. The first-order chi connectivity index (χ1) is 7.44. The van der Waals surface area contributed by atoms with Gasteiger partial charge in [-0.05, 0) is 38.8 Å². The van der Waals surface area contributed by atoms with Crippen molar-refractivity contribution < 1.29 is 9.32 Å². The fraction of sp³-hybridized carbons (Fsp3) is 0.538. The van der Waals surface area contributed by atoms with Gasteiger partial charge in [0.05, 0.1) is 16.4 Å². The van der Waals surface area contributed by atoms with Crippen molar-refractivity contribution >= 4 is 10.8 Å². The Morgan fingerprint density at radius 1 is 1.31 bits per heavy atom. The summed E-state index contributed by atoms with van der Waals surface area (Å²) in [5.74, 6) is 0.518. The van der Waals surface area contributed by atoms with Crippen molar-refractivity contribution in [1.29, 1.82) is 0 Å². The van der Waals surface area contributed by atoms with E-state index in [1.807, 2.05) is 38.1 Å². The van der Waals surface area contributed by atoms with E-state index in [0.29, 0.717) is 18.6 Å². The lowest BCUT2D eigenvalue weighted by Gasteiger charge is -2.20. The van der Waals surface area contributed by atoms with Gasteiger partial charge in [-0.25, -0.2) is 0 Å². The Hall–Kier alpha value is -0.670. The summed E-state index contributed by atoms with van der Waals surface area (Å²) in [6.45, 7) is 5.74. The van der Waals surface area contributed by atoms with Gasteiger partial charge in [-0.1, -0.05) is 24.6 Å². The summed E-state index contributed by atoms with van der Waals surface area (Å²) in [4.78, 5) is 0.845. The molecule has 0 amide bonds. The summed E-state index contributed by atoms with van der Waals surface area (Å²) in [6, 6.07) is 7.72. The summed E-state index contributed by atoms with van der Waals surface area (Å²) in [5, 5.41) is 9.83. The third kappa shape index (κ3) is 4.06. The van der Waals surface area contributed by atoms with Crippen molar-refractivity contribution in [3.05, 3.63) is 29.8 Å². The molecule has 2 unspecified atom stereocenters. The van der Waals surface area contributed by atoms with Crippen LogP contribution in [-0.2, 0) is 10.8 Å². The van der Waals surface area contributed by atoms with Gasteiger partial charge in [-0.15, -0.1) is 0 Å².